The van der Waals surface area contributed by atoms with Gasteiger partial charge in [0.25, 0.3) is 11.7 Å². The molecule has 3 heterocycles. The smallest absolute Gasteiger partial charge is 0.270 e. The number of sulfonamides is 1. The summed E-state index contributed by atoms with van der Waals surface area (Å²) < 4.78 is 31.8. The predicted molar refractivity (Wildman–Crippen MR) is 93.4 cm³/mol. The van der Waals surface area contributed by atoms with Crippen LogP contribution in [0.1, 0.15) is 35.9 Å². The van der Waals surface area contributed by atoms with Crippen LogP contribution in [-0.4, -0.2) is 76.8 Å². The number of carbonyl (C=O) groups excluding carboxylic acids is 1. The van der Waals surface area contributed by atoms with E-state index in [9.17, 15) is 13.2 Å². The van der Waals surface area contributed by atoms with Crippen LogP contribution in [0.15, 0.2) is 12.4 Å². The number of aromatic nitrogens is 4. The number of nitrogens with zero attached hydrogens (tertiary/aromatic N) is 5. The molecule has 1 aliphatic rings. The summed E-state index contributed by atoms with van der Waals surface area (Å²) in [7, 11) is -3.27. The third-order valence-electron chi connectivity index (χ3n) is 4.16. The summed E-state index contributed by atoms with van der Waals surface area (Å²) in [5.41, 5.74) is 1.07. The SMILES string of the molecule is CC(C)c1cc(C(=O)NC[C@H]2CN(S(C)(=O)=O)CCO2)nc2ncnn12. The van der Waals surface area contributed by atoms with Crippen LogP contribution in [0.25, 0.3) is 5.78 Å². The van der Waals surface area contributed by atoms with Crippen LogP contribution in [0.5, 0.6) is 0 Å². The van der Waals surface area contributed by atoms with E-state index in [1.54, 1.807) is 10.6 Å². The van der Waals surface area contributed by atoms with Crippen molar-refractivity contribution in [3.05, 3.63) is 23.8 Å². The molecule has 1 atom stereocenters. The van der Waals surface area contributed by atoms with E-state index in [0.717, 1.165) is 5.69 Å². The third kappa shape index (κ3) is 4.00. The molecule has 2 aromatic rings. The van der Waals surface area contributed by atoms with E-state index in [2.05, 4.69) is 20.4 Å². The fraction of sp³-hybridized carbons (Fsp3) is 0.600. The molecule has 0 aliphatic carbocycles. The summed E-state index contributed by atoms with van der Waals surface area (Å²) in [6, 6.07) is 1.69. The molecule has 142 valence electrons. The zero-order chi connectivity index (χ0) is 18.9. The Morgan fingerprint density at radius 2 is 2.23 bits per heavy atom. The lowest BCUT2D eigenvalue weighted by atomic mass is 10.1. The fourth-order valence-corrected chi connectivity index (χ4v) is 3.62. The molecule has 1 aliphatic heterocycles. The third-order valence-corrected chi connectivity index (χ3v) is 5.43. The zero-order valence-corrected chi connectivity index (χ0v) is 15.7. The lowest BCUT2D eigenvalue weighted by Crippen LogP contribution is -2.49. The van der Waals surface area contributed by atoms with E-state index in [-0.39, 0.29) is 30.6 Å². The molecule has 0 saturated carbocycles. The average molecular weight is 382 g/mol. The Hall–Kier alpha value is -2.11. The molecule has 1 N–H and O–H groups in total. The average Bonchev–Trinajstić information content (AvgIpc) is 3.06. The zero-order valence-electron chi connectivity index (χ0n) is 14.9. The number of rotatable bonds is 5. The molecule has 26 heavy (non-hydrogen) atoms. The second kappa shape index (κ2) is 7.25. The molecular weight excluding hydrogens is 360 g/mol. The first-order chi connectivity index (χ1) is 12.3. The summed E-state index contributed by atoms with van der Waals surface area (Å²) in [5, 5.41) is 6.88. The highest BCUT2D eigenvalue weighted by molar-refractivity contribution is 7.88. The Labute approximate surface area is 151 Å². The van der Waals surface area contributed by atoms with E-state index in [0.29, 0.717) is 18.9 Å². The lowest BCUT2D eigenvalue weighted by Gasteiger charge is -2.31. The minimum absolute atomic E-state index is 0.138. The summed E-state index contributed by atoms with van der Waals surface area (Å²) in [5.74, 6) is 0.134. The molecular formula is C15H22N6O4S. The van der Waals surface area contributed by atoms with Crippen molar-refractivity contribution in [1.82, 2.24) is 29.2 Å². The van der Waals surface area contributed by atoms with E-state index in [1.807, 2.05) is 13.8 Å². The largest absolute Gasteiger partial charge is 0.374 e. The van der Waals surface area contributed by atoms with Crippen molar-refractivity contribution in [3.63, 3.8) is 0 Å². The number of hydrogen-bond donors (Lipinski definition) is 1. The summed E-state index contributed by atoms with van der Waals surface area (Å²) >= 11 is 0. The van der Waals surface area contributed by atoms with Gasteiger partial charge in [-0.1, -0.05) is 13.8 Å². The van der Waals surface area contributed by atoms with E-state index in [4.69, 9.17) is 4.74 Å². The molecule has 0 radical (unpaired) electrons. The molecule has 10 nitrogen and oxygen atoms in total. The van der Waals surface area contributed by atoms with Gasteiger partial charge in [-0.05, 0) is 12.0 Å². The van der Waals surface area contributed by atoms with E-state index in [1.165, 1.54) is 16.9 Å². The van der Waals surface area contributed by atoms with Gasteiger partial charge in [0.05, 0.1) is 24.7 Å². The number of nitrogens with one attached hydrogen (secondary N) is 1. The van der Waals surface area contributed by atoms with Crippen molar-refractivity contribution in [2.45, 2.75) is 25.9 Å². The van der Waals surface area contributed by atoms with E-state index >= 15 is 0 Å². The summed E-state index contributed by atoms with van der Waals surface area (Å²) in [6.07, 6.45) is 2.16. The van der Waals surface area contributed by atoms with Gasteiger partial charge in [0, 0.05) is 19.6 Å². The number of morpholine rings is 1. The number of carbonyl (C=O) groups is 1. The predicted octanol–water partition coefficient (Wildman–Crippen LogP) is -0.362. The molecule has 1 saturated heterocycles. The van der Waals surface area contributed by atoms with Crippen LogP contribution >= 0.6 is 0 Å². The Morgan fingerprint density at radius 3 is 2.92 bits per heavy atom. The lowest BCUT2D eigenvalue weighted by molar-refractivity contribution is 0.000412. The maximum absolute atomic E-state index is 12.5. The van der Waals surface area contributed by atoms with Gasteiger partial charge in [-0.15, -0.1) is 0 Å². The minimum Gasteiger partial charge on any atom is -0.374 e. The Kier molecular flexibility index (Phi) is 5.21. The van der Waals surface area contributed by atoms with Gasteiger partial charge in [0.15, 0.2) is 0 Å². The Bertz CT molecular complexity index is 910. The van der Waals surface area contributed by atoms with Gasteiger partial charge < -0.3 is 10.1 Å². The van der Waals surface area contributed by atoms with E-state index < -0.39 is 16.1 Å². The molecule has 1 amide bonds. The molecule has 3 rings (SSSR count). The highest BCUT2D eigenvalue weighted by Gasteiger charge is 2.27. The highest BCUT2D eigenvalue weighted by atomic mass is 32.2. The van der Waals surface area contributed by atoms with Crippen LogP contribution in [0.2, 0.25) is 0 Å². The van der Waals surface area contributed by atoms with Gasteiger partial charge in [0.1, 0.15) is 12.0 Å². The van der Waals surface area contributed by atoms with Crippen LogP contribution in [0, 0.1) is 0 Å². The molecule has 11 heteroatoms. The number of fused-ring (bicyclic) bond motifs is 1. The van der Waals surface area contributed by atoms with Crippen molar-refractivity contribution >= 4 is 21.7 Å². The van der Waals surface area contributed by atoms with Crippen LogP contribution in [-0.2, 0) is 14.8 Å². The van der Waals surface area contributed by atoms with Crippen LogP contribution < -0.4 is 5.32 Å². The summed E-state index contributed by atoms with van der Waals surface area (Å²) in [4.78, 5) is 20.8. The van der Waals surface area contributed by atoms with Gasteiger partial charge >= 0.3 is 0 Å². The van der Waals surface area contributed by atoms with Crippen LogP contribution in [0.3, 0.4) is 0 Å². The van der Waals surface area contributed by atoms with Crippen LogP contribution in [0.4, 0.5) is 0 Å². The molecule has 0 unspecified atom stereocenters. The molecule has 1 fully saturated rings. The first kappa shape index (κ1) is 18.7. The quantitative estimate of drug-likeness (QED) is 0.750. The molecule has 2 aromatic heterocycles. The normalized spacial score (nSPS) is 19.2. The van der Waals surface area contributed by atoms with Gasteiger partial charge in [-0.25, -0.2) is 17.9 Å². The van der Waals surface area contributed by atoms with Gasteiger partial charge in [-0.2, -0.15) is 14.4 Å². The molecule has 0 aromatic carbocycles. The molecule has 0 bridgehead atoms. The monoisotopic (exact) mass is 382 g/mol. The van der Waals surface area contributed by atoms with Gasteiger partial charge in [0.2, 0.25) is 10.0 Å². The summed E-state index contributed by atoms with van der Waals surface area (Å²) in [6.45, 7) is 5.02. The topological polar surface area (TPSA) is 119 Å². The minimum atomic E-state index is -3.27. The first-order valence-electron chi connectivity index (χ1n) is 8.31. The second-order valence-electron chi connectivity index (χ2n) is 6.52. The molecule has 0 spiro atoms. The van der Waals surface area contributed by atoms with Crippen molar-refractivity contribution in [2.24, 2.45) is 0 Å². The fourth-order valence-electron chi connectivity index (χ4n) is 2.78. The number of amides is 1. The maximum Gasteiger partial charge on any atom is 0.270 e. The van der Waals surface area contributed by atoms with Crippen molar-refractivity contribution in [1.29, 1.82) is 0 Å². The standard InChI is InChI=1S/C15H22N6O4S/c1-10(2)13-6-12(19-15-17-9-18-21(13)15)14(22)16-7-11-8-20(4-5-25-11)26(3,23)24/h6,9-11H,4-5,7-8H2,1-3H3,(H,16,22)/t11-/m0/s1. The van der Waals surface area contributed by atoms with Crippen molar-refractivity contribution in [2.75, 3.05) is 32.5 Å². The Morgan fingerprint density at radius 1 is 1.46 bits per heavy atom. The highest BCUT2D eigenvalue weighted by Crippen LogP contribution is 2.15. The number of ether oxygens (including phenoxy) is 1. The second-order valence-corrected chi connectivity index (χ2v) is 8.50. The number of hydrogen-bond acceptors (Lipinski definition) is 7. The van der Waals surface area contributed by atoms with Crippen molar-refractivity contribution in [3.8, 4) is 0 Å². The van der Waals surface area contributed by atoms with Gasteiger partial charge in [-0.3, -0.25) is 4.79 Å². The van der Waals surface area contributed by atoms with Crippen molar-refractivity contribution < 1.29 is 17.9 Å². The first-order valence-corrected chi connectivity index (χ1v) is 10.2. The Balaban J connectivity index is 1.69. The maximum atomic E-state index is 12.5.